The van der Waals surface area contributed by atoms with Crippen molar-refractivity contribution in [3.05, 3.63) is 72.5 Å². The quantitative estimate of drug-likeness (QED) is 0.0752. The summed E-state index contributed by atoms with van der Waals surface area (Å²) >= 11 is 0. The van der Waals surface area contributed by atoms with E-state index in [1.807, 2.05) is 24.3 Å². The molecular formula is C31H41F2NO5Si. The molecular weight excluding hydrogens is 532 g/mol. The van der Waals surface area contributed by atoms with Crippen molar-refractivity contribution < 1.29 is 32.2 Å². The average Bonchev–Trinajstić information content (AvgIpc) is 3.74. The van der Waals surface area contributed by atoms with Crippen molar-refractivity contribution in [1.82, 2.24) is 0 Å². The van der Waals surface area contributed by atoms with E-state index in [-0.39, 0.29) is 35.4 Å². The summed E-state index contributed by atoms with van der Waals surface area (Å²) in [7, 11) is -1.98. The number of amides is 1. The van der Waals surface area contributed by atoms with Crippen LogP contribution in [-0.4, -0.2) is 40.6 Å². The van der Waals surface area contributed by atoms with Gasteiger partial charge >= 0.3 is 6.61 Å². The maximum Gasteiger partial charge on any atom is 0.387 e. The molecule has 0 saturated heterocycles. The predicted molar refractivity (Wildman–Crippen MR) is 157 cm³/mol. The van der Waals surface area contributed by atoms with Crippen molar-refractivity contribution in [1.29, 1.82) is 0 Å². The Hall–Kier alpha value is -3.17. The Balaban J connectivity index is 1.75. The fourth-order valence-corrected chi connectivity index (χ4v) is 4.81. The van der Waals surface area contributed by atoms with E-state index in [0.717, 1.165) is 0 Å². The van der Waals surface area contributed by atoms with Gasteiger partial charge in [0, 0.05) is 18.3 Å². The zero-order valence-electron chi connectivity index (χ0n) is 24.3. The number of rotatable bonds is 14. The van der Waals surface area contributed by atoms with E-state index in [9.17, 15) is 13.6 Å². The standard InChI is InChI=1S/C31H41F2NO5Si/c1-8-18-34(29(35)26(9-2)38-25-15-12-23(13-16-25)22-10-11-22)24-14-17-27(28(21-24)39-30(32)33)36-19-20-37-40(6,7)31(3,4)5/h8-9,12-17,21-22,30H,1,10-11,18-20H2,2-7H3/b26-9-. The van der Waals surface area contributed by atoms with Crippen molar-refractivity contribution in [3.63, 3.8) is 0 Å². The molecule has 0 unspecified atom stereocenters. The molecule has 0 aromatic heterocycles. The van der Waals surface area contributed by atoms with Crippen LogP contribution in [0.1, 0.15) is 52.0 Å². The number of anilines is 1. The smallest absolute Gasteiger partial charge is 0.387 e. The fraction of sp³-hybridized carbons (Fsp3) is 0.452. The molecule has 1 amide bonds. The van der Waals surface area contributed by atoms with Gasteiger partial charge in [-0.3, -0.25) is 4.79 Å². The van der Waals surface area contributed by atoms with Crippen LogP contribution in [-0.2, 0) is 9.22 Å². The highest BCUT2D eigenvalue weighted by Crippen LogP contribution is 2.40. The minimum absolute atomic E-state index is 0.0370. The van der Waals surface area contributed by atoms with Gasteiger partial charge in [0.2, 0.25) is 0 Å². The van der Waals surface area contributed by atoms with E-state index in [0.29, 0.717) is 24.0 Å². The highest BCUT2D eigenvalue weighted by Gasteiger charge is 2.37. The summed E-state index contributed by atoms with van der Waals surface area (Å²) in [6, 6.07) is 12.2. The van der Waals surface area contributed by atoms with Gasteiger partial charge in [-0.1, -0.05) is 39.0 Å². The molecule has 1 aliphatic carbocycles. The number of carbonyl (C=O) groups is 1. The summed E-state index contributed by atoms with van der Waals surface area (Å²) in [5, 5.41) is 0.0370. The fourth-order valence-electron chi connectivity index (χ4n) is 3.78. The van der Waals surface area contributed by atoms with Crippen LogP contribution in [0.15, 0.2) is 67.0 Å². The lowest BCUT2D eigenvalue weighted by Gasteiger charge is -2.36. The molecule has 218 valence electrons. The van der Waals surface area contributed by atoms with E-state index in [2.05, 4.69) is 40.4 Å². The van der Waals surface area contributed by atoms with Crippen LogP contribution in [0.4, 0.5) is 14.5 Å². The molecule has 2 aromatic carbocycles. The summed E-state index contributed by atoms with van der Waals surface area (Å²) < 4.78 is 49.1. The Bertz CT molecular complexity index is 1190. The minimum atomic E-state index is -3.07. The summed E-state index contributed by atoms with van der Waals surface area (Å²) in [6.07, 6.45) is 5.51. The third-order valence-corrected chi connectivity index (χ3v) is 11.8. The van der Waals surface area contributed by atoms with Crippen LogP contribution in [0.25, 0.3) is 0 Å². The van der Waals surface area contributed by atoms with Gasteiger partial charge in [0.15, 0.2) is 25.6 Å². The number of allylic oxidation sites excluding steroid dienone is 1. The topological polar surface area (TPSA) is 57.2 Å². The molecule has 0 radical (unpaired) electrons. The monoisotopic (exact) mass is 573 g/mol. The molecule has 1 saturated carbocycles. The van der Waals surface area contributed by atoms with E-state index in [4.69, 9.17) is 18.6 Å². The molecule has 0 heterocycles. The van der Waals surface area contributed by atoms with Crippen molar-refractivity contribution >= 4 is 19.9 Å². The molecule has 1 fully saturated rings. The number of alkyl halides is 2. The van der Waals surface area contributed by atoms with Gasteiger partial charge in [-0.25, -0.2) is 0 Å². The molecule has 0 bridgehead atoms. The molecule has 2 aromatic rings. The average molecular weight is 574 g/mol. The molecule has 6 nitrogen and oxygen atoms in total. The summed E-state index contributed by atoms with van der Waals surface area (Å²) in [4.78, 5) is 14.9. The zero-order valence-corrected chi connectivity index (χ0v) is 25.3. The second-order valence-electron chi connectivity index (χ2n) is 11.3. The highest BCUT2D eigenvalue weighted by molar-refractivity contribution is 6.74. The van der Waals surface area contributed by atoms with Crippen molar-refractivity contribution in [2.24, 2.45) is 0 Å². The molecule has 0 spiro atoms. The third-order valence-electron chi connectivity index (χ3n) is 7.25. The summed E-state index contributed by atoms with van der Waals surface area (Å²) in [5.74, 6) is 0.747. The Labute approximate surface area is 237 Å². The Kier molecular flexibility index (Phi) is 10.5. The zero-order chi connectivity index (χ0) is 29.5. The number of ether oxygens (including phenoxy) is 3. The second kappa shape index (κ2) is 13.5. The lowest BCUT2D eigenvalue weighted by molar-refractivity contribution is -0.117. The number of nitrogens with zero attached hydrogens (tertiary/aromatic N) is 1. The first-order valence-corrected chi connectivity index (χ1v) is 16.5. The number of carbonyl (C=O) groups excluding carboxylic acids is 1. The lowest BCUT2D eigenvalue weighted by Crippen LogP contribution is -2.41. The molecule has 0 atom stereocenters. The molecule has 0 N–H and O–H groups in total. The van der Waals surface area contributed by atoms with Crippen LogP contribution < -0.4 is 19.1 Å². The Morgan fingerprint density at radius 1 is 1.10 bits per heavy atom. The van der Waals surface area contributed by atoms with Crippen LogP contribution in [0.3, 0.4) is 0 Å². The van der Waals surface area contributed by atoms with E-state index < -0.39 is 20.8 Å². The molecule has 9 heteroatoms. The van der Waals surface area contributed by atoms with E-state index >= 15 is 0 Å². The minimum Gasteiger partial charge on any atom is -0.487 e. The normalized spacial score (nSPS) is 14.2. The van der Waals surface area contributed by atoms with Gasteiger partial charge in [0.1, 0.15) is 12.4 Å². The van der Waals surface area contributed by atoms with Crippen LogP contribution >= 0.6 is 0 Å². The van der Waals surface area contributed by atoms with Gasteiger partial charge < -0.3 is 23.5 Å². The van der Waals surface area contributed by atoms with Crippen LogP contribution in [0, 0.1) is 0 Å². The first kappa shape index (κ1) is 31.4. The van der Waals surface area contributed by atoms with Gasteiger partial charge in [0.05, 0.1) is 6.61 Å². The first-order valence-electron chi connectivity index (χ1n) is 13.6. The van der Waals surface area contributed by atoms with E-state index in [1.165, 1.54) is 35.4 Å². The van der Waals surface area contributed by atoms with Gasteiger partial charge in [-0.15, -0.1) is 6.58 Å². The molecule has 0 aliphatic heterocycles. The molecule has 40 heavy (non-hydrogen) atoms. The highest BCUT2D eigenvalue weighted by atomic mass is 28.4. The third kappa shape index (κ3) is 8.41. The number of halogens is 2. The van der Waals surface area contributed by atoms with Crippen molar-refractivity contribution in [2.75, 3.05) is 24.7 Å². The molecule has 3 rings (SSSR count). The summed E-state index contributed by atoms with van der Waals surface area (Å²) in [6.45, 7) is 13.6. The summed E-state index contributed by atoms with van der Waals surface area (Å²) in [5.41, 5.74) is 1.59. The van der Waals surface area contributed by atoms with E-state index in [1.54, 1.807) is 25.1 Å². The lowest BCUT2D eigenvalue weighted by atomic mass is 10.1. The van der Waals surface area contributed by atoms with Crippen LogP contribution in [0.5, 0.6) is 17.2 Å². The Morgan fingerprint density at radius 3 is 2.33 bits per heavy atom. The maximum absolute atomic E-state index is 13.5. The maximum atomic E-state index is 13.5. The van der Waals surface area contributed by atoms with Gasteiger partial charge in [-0.2, -0.15) is 8.78 Å². The second-order valence-corrected chi connectivity index (χ2v) is 16.1. The number of hydrogen-bond donors (Lipinski definition) is 0. The van der Waals surface area contributed by atoms with Gasteiger partial charge in [0.25, 0.3) is 5.91 Å². The SMILES string of the molecule is C=CCN(C(=O)/C(=C/C)Oc1ccc(C2CC2)cc1)c1ccc(OCCO[Si](C)(C)C(C)(C)C)c(OC(F)F)c1. The Morgan fingerprint density at radius 2 is 1.77 bits per heavy atom. The first-order chi connectivity index (χ1) is 18.9. The van der Waals surface area contributed by atoms with Crippen LogP contribution in [0.2, 0.25) is 18.1 Å². The number of hydrogen-bond acceptors (Lipinski definition) is 5. The van der Waals surface area contributed by atoms with Gasteiger partial charge in [-0.05, 0) is 79.7 Å². The van der Waals surface area contributed by atoms with Crippen molar-refractivity contribution in [3.8, 4) is 17.2 Å². The number of benzene rings is 2. The van der Waals surface area contributed by atoms with Crippen molar-refractivity contribution in [2.45, 2.75) is 71.2 Å². The largest absolute Gasteiger partial charge is 0.487 e. The predicted octanol–water partition coefficient (Wildman–Crippen LogP) is 8.07. The molecule has 1 aliphatic rings.